The Hall–Kier alpha value is -2.13. The van der Waals surface area contributed by atoms with Crippen LogP contribution in [0.2, 0.25) is 0 Å². The van der Waals surface area contributed by atoms with Gasteiger partial charge in [-0.15, -0.1) is 0 Å². The minimum atomic E-state index is -0.772. The van der Waals surface area contributed by atoms with Crippen LogP contribution in [0.3, 0.4) is 0 Å². The topological polar surface area (TPSA) is 57.5 Å². The van der Waals surface area contributed by atoms with Gasteiger partial charge in [-0.25, -0.2) is 0 Å². The fraction of sp³-hybridized carbons (Fsp3) is 0.409. The Morgan fingerprint density at radius 1 is 0.840 bits per heavy atom. The fourth-order valence-electron chi connectivity index (χ4n) is 1.87. The summed E-state index contributed by atoms with van der Waals surface area (Å²) in [5, 5.41) is 18.3. The number of aliphatic hydroxyl groups excluding tert-OH is 1. The standard InChI is InChI=1S/C22H32O3/c1-2-3-4-5-6-7-9-12-15-18-21(23)19-16-13-10-8-11-14-17-20-22(24)25/h3-4,6-7,10-16,19,21,23H,2,5,8-9,17-18,20H2,1H3,(H,24,25)/b4-3-,7-6-,13-10-,14-11-,15-12-,19-16+/t21-/m1/s1. The number of aliphatic carboxylic acids is 1. The van der Waals surface area contributed by atoms with Gasteiger partial charge in [0.15, 0.2) is 0 Å². The molecule has 0 rings (SSSR count). The summed E-state index contributed by atoms with van der Waals surface area (Å²) in [4.78, 5) is 10.3. The van der Waals surface area contributed by atoms with Crippen LogP contribution in [0, 0.1) is 0 Å². The molecule has 0 aromatic rings. The van der Waals surface area contributed by atoms with E-state index in [2.05, 4.69) is 37.3 Å². The van der Waals surface area contributed by atoms with Crippen molar-refractivity contribution in [3.05, 3.63) is 72.9 Å². The molecule has 0 aliphatic rings. The number of aliphatic hydroxyl groups is 1. The van der Waals surface area contributed by atoms with Crippen molar-refractivity contribution in [1.29, 1.82) is 0 Å². The number of allylic oxidation sites excluding steroid dienone is 10. The summed E-state index contributed by atoms with van der Waals surface area (Å²) in [7, 11) is 0. The molecule has 0 saturated heterocycles. The Bertz CT molecular complexity index is 493. The molecule has 138 valence electrons. The van der Waals surface area contributed by atoms with Crippen molar-refractivity contribution in [2.75, 3.05) is 0 Å². The zero-order chi connectivity index (χ0) is 18.6. The lowest BCUT2D eigenvalue weighted by atomic mass is 10.2. The third kappa shape index (κ3) is 19.8. The summed E-state index contributed by atoms with van der Waals surface area (Å²) >= 11 is 0. The van der Waals surface area contributed by atoms with Gasteiger partial charge in [0, 0.05) is 6.42 Å². The number of carboxylic acid groups (broad SMARTS) is 1. The van der Waals surface area contributed by atoms with Gasteiger partial charge in [0.1, 0.15) is 0 Å². The molecule has 3 heteroatoms. The molecule has 0 radical (unpaired) electrons. The van der Waals surface area contributed by atoms with Gasteiger partial charge in [0.2, 0.25) is 0 Å². The second-order valence-electron chi connectivity index (χ2n) is 5.55. The molecule has 0 bridgehead atoms. The van der Waals surface area contributed by atoms with E-state index in [1.165, 1.54) is 0 Å². The molecule has 0 aliphatic carbocycles. The van der Waals surface area contributed by atoms with Crippen LogP contribution in [-0.4, -0.2) is 22.3 Å². The van der Waals surface area contributed by atoms with Gasteiger partial charge in [-0.05, 0) is 38.5 Å². The predicted octanol–water partition coefficient (Wildman–Crippen LogP) is 5.52. The minimum Gasteiger partial charge on any atom is -0.481 e. The average molecular weight is 344 g/mol. The minimum absolute atomic E-state index is 0.172. The third-order valence-corrected chi connectivity index (χ3v) is 3.20. The van der Waals surface area contributed by atoms with Crippen molar-refractivity contribution >= 4 is 5.97 Å². The Kier molecular flexibility index (Phi) is 16.7. The number of hydrogen-bond donors (Lipinski definition) is 2. The van der Waals surface area contributed by atoms with E-state index in [1.54, 1.807) is 6.08 Å². The van der Waals surface area contributed by atoms with Gasteiger partial charge < -0.3 is 10.2 Å². The molecule has 0 saturated carbocycles. The van der Waals surface area contributed by atoms with Crippen LogP contribution in [0.5, 0.6) is 0 Å². The smallest absolute Gasteiger partial charge is 0.303 e. The molecule has 1 atom stereocenters. The van der Waals surface area contributed by atoms with Crippen LogP contribution in [0.25, 0.3) is 0 Å². The van der Waals surface area contributed by atoms with Crippen LogP contribution in [0.4, 0.5) is 0 Å². The Morgan fingerprint density at radius 2 is 1.44 bits per heavy atom. The van der Waals surface area contributed by atoms with Gasteiger partial charge in [-0.2, -0.15) is 0 Å². The van der Waals surface area contributed by atoms with E-state index in [1.807, 2.05) is 36.5 Å². The molecule has 0 fully saturated rings. The van der Waals surface area contributed by atoms with E-state index in [-0.39, 0.29) is 6.42 Å². The number of hydrogen-bond acceptors (Lipinski definition) is 2. The zero-order valence-electron chi connectivity index (χ0n) is 15.3. The lowest BCUT2D eigenvalue weighted by Crippen LogP contribution is -1.98. The van der Waals surface area contributed by atoms with E-state index >= 15 is 0 Å². The summed E-state index contributed by atoms with van der Waals surface area (Å²) in [6.45, 7) is 2.13. The maximum Gasteiger partial charge on any atom is 0.303 e. The lowest BCUT2D eigenvalue weighted by molar-refractivity contribution is -0.136. The molecular weight excluding hydrogens is 312 g/mol. The van der Waals surface area contributed by atoms with E-state index in [4.69, 9.17) is 5.11 Å². The molecule has 0 spiro atoms. The predicted molar refractivity (Wildman–Crippen MR) is 106 cm³/mol. The third-order valence-electron chi connectivity index (χ3n) is 3.20. The van der Waals surface area contributed by atoms with Crippen molar-refractivity contribution in [3.8, 4) is 0 Å². The molecule has 0 amide bonds. The van der Waals surface area contributed by atoms with Gasteiger partial charge in [0.25, 0.3) is 0 Å². The van der Waals surface area contributed by atoms with Crippen molar-refractivity contribution in [2.45, 2.75) is 58.0 Å². The van der Waals surface area contributed by atoms with Crippen molar-refractivity contribution in [3.63, 3.8) is 0 Å². The first kappa shape index (κ1) is 22.9. The summed E-state index contributed by atoms with van der Waals surface area (Å²) < 4.78 is 0. The molecule has 0 aromatic heterocycles. The first-order valence-corrected chi connectivity index (χ1v) is 9.00. The summed E-state index contributed by atoms with van der Waals surface area (Å²) in [6.07, 6.45) is 28.5. The Labute approximate surface area is 152 Å². The maximum atomic E-state index is 10.3. The van der Waals surface area contributed by atoms with Crippen molar-refractivity contribution < 1.29 is 15.0 Å². The molecule has 3 nitrogen and oxygen atoms in total. The molecule has 25 heavy (non-hydrogen) atoms. The highest BCUT2D eigenvalue weighted by Gasteiger charge is 1.92. The Morgan fingerprint density at radius 3 is 2.12 bits per heavy atom. The van der Waals surface area contributed by atoms with E-state index in [0.29, 0.717) is 12.8 Å². The summed E-state index contributed by atoms with van der Waals surface area (Å²) in [5.41, 5.74) is 0. The zero-order valence-corrected chi connectivity index (χ0v) is 15.3. The van der Waals surface area contributed by atoms with Crippen LogP contribution in [0.15, 0.2) is 72.9 Å². The van der Waals surface area contributed by atoms with Crippen molar-refractivity contribution in [1.82, 2.24) is 0 Å². The van der Waals surface area contributed by atoms with Gasteiger partial charge in [0.05, 0.1) is 6.10 Å². The lowest BCUT2D eigenvalue weighted by Gasteiger charge is -1.98. The monoisotopic (exact) mass is 344 g/mol. The van der Waals surface area contributed by atoms with Crippen LogP contribution in [-0.2, 0) is 4.79 Å². The van der Waals surface area contributed by atoms with E-state index in [0.717, 1.165) is 25.7 Å². The average Bonchev–Trinajstić information content (AvgIpc) is 2.58. The number of carboxylic acids is 1. The second kappa shape index (κ2) is 18.2. The van der Waals surface area contributed by atoms with Gasteiger partial charge >= 0.3 is 5.97 Å². The summed E-state index contributed by atoms with van der Waals surface area (Å²) in [6, 6.07) is 0. The van der Waals surface area contributed by atoms with Crippen LogP contribution >= 0.6 is 0 Å². The first-order chi connectivity index (χ1) is 12.2. The largest absolute Gasteiger partial charge is 0.481 e. The van der Waals surface area contributed by atoms with Gasteiger partial charge in [-0.1, -0.05) is 79.8 Å². The molecule has 0 aliphatic heterocycles. The van der Waals surface area contributed by atoms with Crippen LogP contribution in [0.1, 0.15) is 51.9 Å². The molecule has 2 N–H and O–H groups in total. The second-order valence-corrected chi connectivity index (χ2v) is 5.55. The molecule has 0 aromatic carbocycles. The quantitative estimate of drug-likeness (QED) is 0.322. The fourth-order valence-corrected chi connectivity index (χ4v) is 1.87. The number of carbonyl (C=O) groups is 1. The van der Waals surface area contributed by atoms with E-state index < -0.39 is 12.1 Å². The van der Waals surface area contributed by atoms with Gasteiger partial charge in [-0.3, -0.25) is 4.79 Å². The normalized spacial score (nSPS) is 14.3. The molecular formula is C22H32O3. The van der Waals surface area contributed by atoms with Crippen molar-refractivity contribution in [2.24, 2.45) is 0 Å². The highest BCUT2D eigenvalue weighted by atomic mass is 16.4. The van der Waals surface area contributed by atoms with E-state index in [9.17, 15) is 9.90 Å². The molecule has 0 unspecified atom stereocenters. The highest BCUT2D eigenvalue weighted by Crippen LogP contribution is 1.99. The first-order valence-electron chi connectivity index (χ1n) is 9.00. The maximum absolute atomic E-state index is 10.3. The van der Waals surface area contributed by atoms with Crippen LogP contribution < -0.4 is 0 Å². The Balaban J connectivity index is 3.73. The molecule has 0 heterocycles. The highest BCUT2D eigenvalue weighted by molar-refractivity contribution is 5.66. The number of rotatable bonds is 14. The summed E-state index contributed by atoms with van der Waals surface area (Å²) in [5.74, 6) is -0.772. The SMILES string of the molecule is CC/C=C\C/C=C\C/C=C\C[C@@H](O)/C=C/C=C\C/C=C\CCC(=O)O.